The van der Waals surface area contributed by atoms with E-state index < -0.39 is 22.8 Å². The van der Waals surface area contributed by atoms with E-state index >= 15 is 0 Å². The summed E-state index contributed by atoms with van der Waals surface area (Å²) in [5.74, 6) is 0.512. The number of nitrogens with one attached hydrogen (secondary N) is 2. The van der Waals surface area contributed by atoms with Crippen LogP contribution < -0.4 is 10.6 Å². The standard InChI is InChI=1S/C14H14ClF3N2O/c1-8(9-2-3-9)7-19-13(21)20-10-4-5-12(15)11(6-10)14(16,17)18/h4-7,9H,2-3H2,1H3,(H2,19,20,21)/b8-7+. The number of hydrogen-bond donors (Lipinski definition) is 2. The van der Waals surface area contributed by atoms with Crippen LogP contribution in [0.5, 0.6) is 0 Å². The Bertz CT molecular complexity index is 580. The van der Waals surface area contributed by atoms with Crippen LogP contribution in [0.3, 0.4) is 0 Å². The Kier molecular flexibility index (Phi) is 4.46. The van der Waals surface area contributed by atoms with Gasteiger partial charge in [0.1, 0.15) is 0 Å². The van der Waals surface area contributed by atoms with Gasteiger partial charge in [-0.1, -0.05) is 17.2 Å². The van der Waals surface area contributed by atoms with E-state index in [1.165, 1.54) is 6.07 Å². The molecule has 1 fully saturated rings. The van der Waals surface area contributed by atoms with E-state index in [4.69, 9.17) is 11.6 Å². The second kappa shape index (κ2) is 5.97. The maximum Gasteiger partial charge on any atom is 0.417 e. The third-order valence-electron chi connectivity index (χ3n) is 3.18. The third kappa shape index (κ3) is 4.39. The average Bonchev–Trinajstić information content (AvgIpc) is 3.21. The molecule has 0 heterocycles. The Morgan fingerprint density at radius 1 is 1.38 bits per heavy atom. The van der Waals surface area contributed by atoms with E-state index in [0.717, 1.165) is 30.5 Å². The fourth-order valence-corrected chi connectivity index (χ4v) is 2.05. The number of allylic oxidation sites excluding steroid dienone is 1. The maximum absolute atomic E-state index is 12.7. The van der Waals surface area contributed by atoms with Gasteiger partial charge in [0.05, 0.1) is 10.6 Å². The van der Waals surface area contributed by atoms with Gasteiger partial charge in [-0.25, -0.2) is 4.79 Å². The summed E-state index contributed by atoms with van der Waals surface area (Å²) in [6.45, 7) is 1.90. The normalized spacial score (nSPS) is 15.8. The van der Waals surface area contributed by atoms with Crippen LogP contribution in [0.15, 0.2) is 30.0 Å². The molecule has 0 unspecified atom stereocenters. The predicted octanol–water partition coefficient (Wildman–Crippen LogP) is 4.79. The molecular weight excluding hydrogens is 305 g/mol. The minimum absolute atomic E-state index is 0.0294. The lowest BCUT2D eigenvalue weighted by Gasteiger charge is -2.11. The highest BCUT2D eigenvalue weighted by Crippen LogP contribution is 2.36. The minimum atomic E-state index is -4.56. The number of anilines is 1. The number of hydrogen-bond acceptors (Lipinski definition) is 1. The number of benzene rings is 1. The van der Waals surface area contributed by atoms with Crippen LogP contribution in [0.4, 0.5) is 23.7 Å². The molecule has 0 bridgehead atoms. The summed E-state index contributed by atoms with van der Waals surface area (Å²) >= 11 is 5.50. The molecule has 2 N–H and O–H groups in total. The Balaban J connectivity index is 2.02. The number of carbonyl (C=O) groups is 1. The van der Waals surface area contributed by atoms with Gasteiger partial charge in [0, 0.05) is 11.9 Å². The summed E-state index contributed by atoms with van der Waals surface area (Å²) in [5.41, 5.74) is 0.102. The third-order valence-corrected chi connectivity index (χ3v) is 3.51. The smallest absolute Gasteiger partial charge is 0.314 e. The van der Waals surface area contributed by atoms with E-state index in [0.29, 0.717) is 5.92 Å². The molecule has 114 valence electrons. The summed E-state index contributed by atoms with van der Waals surface area (Å²) in [5, 5.41) is 4.44. The highest BCUT2D eigenvalue weighted by Gasteiger charge is 2.33. The lowest BCUT2D eigenvalue weighted by molar-refractivity contribution is -0.137. The Morgan fingerprint density at radius 3 is 2.62 bits per heavy atom. The molecule has 0 radical (unpaired) electrons. The zero-order chi connectivity index (χ0) is 15.6. The van der Waals surface area contributed by atoms with E-state index in [1.54, 1.807) is 6.20 Å². The van der Waals surface area contributed by atoms with Crippen LogP contribution >= 0.6 is 11.6 Å². The molecule has 0 atom stereocenters. The van der Waals surface area contributed by atoms with Gasteiger partial charge in [0.15, 0.2) is 0 Å². The minimum Gasteiger partial charge on any atom is -0.314 e. The van der Waals surface area contributed by atoms with Crippen molar-refractivity contribution >= 4 is 23.3 Å². The van der Waals surface area contributed by atoms with Gasteiger partial charge in [0.2, 0.25) is 0 Å². The fraction of sp³-hybridized carbons (Fsp3) is 0.357. The lowest BCUT2D eigenvalue weighted by Crippen LogP contribution is -2.24. The van der Waals surface area contributed by atoms with Crippen molar-refractivity contribution in [3.63, 3.8) is 0 Å². The number of halogens is 4. The molecule has 1 saturated carbocycles. The molecule has 21 heavy (non-hydrogen) atoms. The molecule has 2 rings (SSSR count). The number of rotatable bonds is 3. The van der Waals surface area contributed by atoms with Crippen LogP contribution in [0, 0.1) is 5.92 Å². The van der Waals surface area contributed by atoms with Gasteiger partial charge in [-0.15, -0.1) is 0 Å². The first kappa shape index (κ1) is 15.7. The van der Waals surface area contributed by atoms with Crippen molar-refractivity contribution in [2.24, 2.45) is 5.92 Å². The number of urea groups is 1. The molecule has 0 aliphatic heterocycles. The number of amides is 2. The molecule has 1 aliphatic carbocycles. The topological polar surface area (TPSA) is 41.1 Å². The van der Waals surface area contributed by atoms with Crippen LogP contribution in [0.2, 0.25) is 5.02 Å². The van der Waals surface area contributed by atoms with E-state index in [-0.39, 0.29) is 5.69 Å². The first-order chi connectivity index (χ1) is 9.77. The van der Waals surface area contributed by atoms with Crippen LogP contribution in [0.25, 0.3) is 0 Å². The largest absolute Gasteiger partial charge is 0.417 e. The molecule has 7 heteroatoms. The lowest BCUT2D eigenvalue weighted by atomic mass is 10.2. The van der Waals surface area contributed by atoms with Crippen molar-refractivity contribution in [3.05, 3.63) is 40.6 Å². The first-order valence-electron chi connectivity index (χ1n) is 6.38. The van der Waals surface area contributed by atoms with Gasteiger partial charge in [-0.05, 0) is 43.9 Å². The molecule has 1 aromatic carbocycles. The summed E-state index contributed by atoms with van der Waals surface area (Å²) < 4.78 is 38.1. The molecule has 1 aliphatic rings. The molecular formula is C14H14ClF3N2O. The van der Waals surface area contributed by atoms with Crippen LogP contribution in [-0.4, -0.2) is 6.03 Å². The summed E-state index contributed by atoms with van der Waals surface area (Å²) in [6.07, 6.45) is -0.767. The number of alkyl halides is 3. The fourth-order valence-electron chi connectivity index (χ4n) is 1.82. The summed E-state index contributed by atoms with van der Waals surface area (Å²) in [4.78, 5) is 11.6. The van der Waals surface area contributed by atoms with E-state index in [2.05, 4.69) is 10.6 Å². The van der Waals surface area contributed by atoms with Crippen molar-refractivity contribution < 1.29 is 18.0 Å². The SMILES string of the molecule is C/C(=C\NC(=O)Nc1ccc(Cl)c(C(F)(F)F)c1)C1CC1. The summed E-state index contributed by atoms with van der Waals surface area (Å²) in [6, 6.07) is 2.63. The molecule has 2 amide bonds. The molecule has 0 aromatic heterocycles. The van der Waals surface area contributed by atoms with Crippen molar-refractivity contribution in [1.82, 2.24) is 5.32 Å². The van der Waals surface area contributed by atoms with Crippen LogP contribution in [0.1, 0.15) is 25.3 Å². The zero-order valence-corrected chi connectivity index (χ0v) is 12.0. The highest BCUT2D eigenvalue weighted by molar-refractivity contribution is 6.31. The highest BCUT2D eigenvalue weighted by atomic mass is 35.5. The van der Waals surface area contributed by atoms with E-state index in [1.807, 2.05) is 6.92 Å². The molecule has 3 nitrogen and oxygen atoms in total. The Morgan fingerprint density at radius 2 is 2.05 bits per heavy atom. The van der Waals surface area contributed by atoms with E-state index in [9.17, 15) is 18.0 Å². The first-order valence-corrected chi connectivity index (χ1v) is 6.76. The second-order valence-electron chi connectivity index (χ2n) is 4.95. The van der Waals surface area contributed by atoms with Crippen LogP contribution in [-0.2, 0) is 6.18 Å². The predicted molar refractivity (Wildman–Crippen MR) is 75.1 cm³/mol. The Hall–Kier alpha value is -1.69. The van der Waals surface area contributed by atoms with Gasteiger partial charge in [0.25, 0.3) is 0 Å². The van der Waals surface area contributed by atoms with Gasteiger partial charge in [-0.3, -0.25) is 0 Å². The zero-order valence-electron chi connectivity index (χ0n) is 11.2. The number of carbonyl (C=O) groups excluding carboxylic acids is 1. The molecule has 0 spiro atoms. The van der Waals surface area contributed by atoms with Crippen molar-refractivity contribution in [3.8, 4) is 0 Å². The maximum atomic E-state index is 12.7. The Labute approximate surface area is 125 Å². The second-order valence-corrected chi connectivity index (χ2v) is 5.36. The van der Waals surface area contributed by atoms with Crippen molar-refractivity contribution in [2.75, 3.05) is 5.32 Å². The van der Waals surface area contributed by atoms with Gasteiger partial charge < -0.3 is 10.6 Å². The van der Waals surface area contributed by atoms with Gasteiger partial charge in [-0.2, -0.15) is 13.2 Å². The quantitative estimate of drug-likeness (QED) is 0.826. The molecule has 1 aromatic rings. The average molecular weight is 319 g/mol. The van der Waals surface area contributed by atoms with Crippen molar-refractivity contribution in [1.29, 1.82) is 0 Å². The van der Waals surface area contributed by atoms with Gasteiger partial charge >= 0.3 is 12.2 Å². The monoisotopic (exact) mass is 318 g/mol. The molecule has 0 saturated heterocycles. The van der Waals surface area contributed by atoms with Crippen molar-refractivity contribution in [2.45, 2.75) is 25.9 Å². The summed E-state index contributed by atoms with van der Waals surface area (Å²) in [7, 11) is 0.